The first-order chi connectivity index (χ1) is 6.61. The molecule has 0 heterocycles. The van der Waals surface area contributed by atoms with Crippen molar-refractivity contribution in [3.05, 3.63) is 30.3 Å². The molecule has 2 N–H and O–H groups in total. The molecule has 0 radical (unpaired) electrons. The van der Waals surface area contributed by atoms with E-state index in [1.165, 1.54) is 12.1 Å². The number of hydrazine groups is 1. The molecule has 14 heavy (non-hydrogen) atoms. The average Bonchev–Trinajstić information content (AvgIpc) is 2.19. The third-order valence-electron chi connectivity index (χ3n) is 1.70. The topological polar surface area (TPSA) is 55.8 Å². The summed E-state index contributed by atoms with van der Waals surface area (Å²) in [5.74, 6) is 0. The number of anilines is 1. The van der Waals surface area contributed by atoms with Crippen LogP contribution in [-0.4, -0.2) is 30.4 Å². The summed E-state index contributed by atoms with van der Waals surface area (Å²) in [6.45, 7) is 0. The van der Waals surface area contributed by atoms with Gasteiger partial charge >= 0.3 is 6.03 Å². The van der Waals surface area contributed by atoms with Gasteiger partial charge in [0.15, 0.2) is 0 Å². The van der Waals surface area contributed by atoms with Gasteiger partial charge in [0.05, 0.1) is 5.69 Å². The Labute approximate surface area is 82.5 Å². The van der Waals surface area contributed by atoms with Gasteiger partial charge in [0.1, 0.15) is 0 Å². The Balaban J connectivity index is 2.59. The summed E-state index contributed by atoms with van der Waals surface area (Å²) in [5.41, 5.74) is 3.30. The molecule has 5 heteroatoms. The van der Waals surface area contributed by atoms with Crippen LogP contribution in [-0.2, 0) is 0 Å². The zero-order valence-electron chi connectivity index (χ0n) is 8.14. The maximum Gasteiger partial charge on any atom is 0.359 e. The Bertz CT molecular complexity index is 300. The second kappa shape index (κ2) is 4.48. The Hall–Kier alpha value is -1.75. The molecule has 1 aromatic carbocycles. The molecule has 5 nitrogen and oxygen atoms in total. The Kier molecular flexibility index (Phi) is 3.30. The van der Waals surface area contributed by atoms with Crippen molar-refractivity contribution >= 4 is 11.7 Å². The third kappa shape index (κ3) is 2.63. The highest BCUT2D eigenvalue weighted by atomic mass is 16.5. The van der Waals surface area contributed by atoms with E-state index in [1.807, 2.05) is 30.3 Å². The molecule has 0 atom stereocenters. The highest BCUT2D eigenvalue weighted by Gasteiger charge is 2.07. The van der Waals surface area contributed by atoms with Gasteiger partial charge in [0, 0.05) is 14.1 Å². The molecule has 0 aliphatic carbocycles. The Morgan fingerprint density at radius 3 is 2.36 bits per heavy atom. The average molecular weight is 195 g/mol. The summed E-state index contributed by atoms with van der Waals surface area (Å²) in [4.78, 5) is 11.0. The van der Waals surface area contributed by atoms with Crippen LogP contribution >= 0.6 is 0 Å². The van der Waals surface area contributed by atoms with Gasteiger partial charge in [-0.05, 0) is 12.1 Å². The number of carbonyl (C=O) groups is 1. The van der Waals surface area contributed by atoms with Gasteiger partial charge in [-0.2, -0.15) is 0 Å². The maximum atomic E-state index is 11.0. The quantitative estimate of drug-likeness (QED) is 0.548. The lowest BCUT2D eigenvalue weighted by molar-refractivity contribution is -0.0183. The van der Waals surface area contributed by atoms with Crippen molar-refractivity contribution in [1.29, 1.82) is 0 Å². The Morgan fingerprint density at radius 1 is 1.29 bits per heavy atom. The molecule has 0 saturated heterocycles. The number of hydrogen-bond donors (Lipinski definition) is 2. The summed E-state index contributed by atoms with van der Waals surface area (Å²) < 4.78 is 0. The van der Waals surface area contributed by atoms with E-state index in [0.717, 1.165) is 5.69 Å². The van der Waals surface area contributed by atoms with Gasteiger partial charge in [-0.3, -0.25) is 10.2 Å². The Morgan fingerprint density at radius 2 is 1.86 bits per heavy atom. The van der Waals surface area contributed by atoms with Crippen LogP contribution in [0.3, 0.4) is 0 Å². The first kappa shape index (κ1) is 10.3. The molecule has 1 aromatic rings. The summed E-state index contributed by atoms with van der Waals surface area (Å²) in [6, 6.07) is 8.71. The minimum atomic E-state index is -0.587. The number of nitrogens with zero attached hydrogens (tertiary/aromatic N) is 2. The highest BCUT2D eigenvalue weighted by Crippen LogP contribution is 2.08. The minimum absolute atomic E-state index is 0.486. The molecule has 0 aliphatic rings. The van der Waals surface area contributed by atoms with Gasteiger partial charge in [-0.15, -0.1) is 0 Å². The molecule has 0 fully saturated rings. The highest BCUT2D eigenvalue weighted by molar-refractivity contribution is 5.74. The first-order valence-corrected chi connectivity index (χ1v) is 4.13. The van der Waals surface area contributed by atoms with Gasteiger partial charge in [0.25, 0.3) is 0 Å². The molecule has 0 aromatic heterocycles. The molecule has 1 rings (SSSR count). The van der Waals surface area contributed by atoms with Crippen molar-refractivity contribution in [1.82, 2.24) is 10.5 Å². The molecule has 0 unspecified atom stereocenters. The standard InChI is InChI=1S/C9H13N3O2/c1-11(10-9(13)12(2)14)8-6-4-3-5-7-8/h3-7,14H,1-2H3,(H,10,13). The monoisotopic (exact) mass is 195 g/mol. The number of benzene rings is 1. The van der Waals surface area contributed by atoms with Crippen LogP contribution in [0.5, 0.6) is 0 Å². The van der Waals surface area contributed by atoms with Crippen LogP contribution in [0.4, 0.5) is 10.5 Å². The maximum absolute atomic E-state index is 11.0. The number of amides is 2. The number of para-hydroxylation sites is 1. The van der Waals surface area contributed by atoms with E-state index in [4.69, 9.17) is 5.21 Å². The number of rotatable bonds is 2. The fraction of sp³-hybridized carbons (Fsp3) is 0.222. The zero-order chi connectivity index (χ0) is 10.6. The van der Waals surface area contributed by atoms with Crippen LogP contribution in [0.15, 0.2) is 30.3 Å². The van der Waals surface area contributed by atoms with Gasteiger partial charge in [0.2, 0.25) is 0 Å². The smallest absolute Gasteiger partial charge is 0.287 e. The van der Waals surface area contributed by atoms with E-state index in [1.54, 1.807) is 7.05 Å². The normalized spacial score (nSPS) is 9.36. The van der Waals surface area contributed by atoms with Gasteiger partial charge in [-0.1, -0.05) is 18.2 Å². The number of nitrogens with one attached hydrogen (secondary N) is 1. The van der Waals surface area contributed by atoms with E-state index >= 15 is 0 Å². The molecule has 76 valence electrons. The van der Waals surface area contributed by atoms with Crippen molar-refractivity contribution < 1.29 is 10.0 Å². The molecular formula is C9H13N3O2. The summed E-state index contributed by atoms with van der Waals surface area (Å²) in [6.07, 6.45) is 0. The first-order valence-electron chi connectivity index (χ1n) is 4.13. The molecule has 0 spiro atoms. The SMILES string of the molecule is CN(O)C(=O)NN(C)c1ccccc1. The van der Waals surface area contributed by atoms with Crippen LogP contribution in [0.1, 0.15) is 0 Å². The van der Waals surface area contributed by atoms with Crippen LogP contribution < -0.4 is 10.4 Å². The predicted molar refractivity (Wildman–Crippen MR) is 52.9 cm³/mol. The second-order valence-electron chi connectivity index (χ2n) is 2.84. The molecule has 0 bridgehead atoms. The third-order valence-corrected chi connectivity index (χ3v) is 1.70. The summed E-state index contributed by atoms with van der Waals surface area (Å²) >= 11 is 0. The summed E-state index contributed by atoms with van der Waals surface area (Å²) in [5, 5.41) is 10.8. The lowest BCUT2D eigenvalue weighted by atomic mass is 10.3. The second-order valence-corrected chi connectivity index (χ2v) is 2.84. The number of hydrogen-bond acceptors (Lipinski definition) is 3. The van der Waals surface area contributed by atoms with E-state index in [2.05, 4.69) is 5.43 Å². The number of hydroxylamine groups is 2. The van der Waals surface area contributed by atoms with E-state index < -0.39 is 6.03 Å². The van der Waals surface area contributed by atoms with Crippen molar-refractivity contribution in [3.8, 4) is 0 Å². The van der Waals surface area contributed by atoms with Crippen molar-refractivity contribution in [2.24, 2.45) is 0 Å². The van der Waals surface area contributed by atoms with E-state index in [9.17, 15) is 4.79 Å². The van der Waals surface area contributed by atoms with Crippen LogP contribution in [0.2, 0.25) is 0 Å². The molecular weight excluding hydrogens is 182 g/mol. The lowest BCUT2D eigenvalue weighted by Gasteiger charge is -2.21. The van der Waals surface area contributed by atoms with Crippen molar-refractivity contribution in [2.75, 3.05) is 19.1 Å². The largest absolute Gasteiger partial charge is 0.359 e. The van der Waals surface area contributed by atoms with Gasteiger partial charge in [-0.25, -0.2) is 15.3 Å². The van der Waals surface area contributed by atoms with Crippen molar-refractivity contribution in [2.45, 2.75) is 0 Å². The number of carbonyl (C=O) groups excluding carboxylic acids is 1. The summed E-state index contributed by atoms with van der Waals surface area (Å²) in [7, 11) is 2.95. The fourth-order valence-corrected chi connectivity index (χ4v) is 0.932. The van der Waals surface area contributed by atoms with Crippen molar-refractivity contribution in [3.63, 3.8) is 0 Å². The van der Waals surface area contributed by atoms with E-state index in [-0.39, 0.29) is 0 Å². The lowest BCUT2D eigenvalue weighted by Crippen LogP contribution is -2.45. The van der Waals surface area contributed by atoms with Gasteiger partial charge < -0.3 is 0 Å². The van der Waals surface area contributed by atoms with Crippen LogP contribution in [0, 0.1) is 0 Å². The van der Waals surface area contributed by atoms with E-state index in [0.29, 0.717) is 5.06 Å². The predicted octanol–water partition coefficient (Wildman–Crippen LogP) is 1.07. The molecule has 0 aliphatic heterocycles. The molecule has 0 saturated carbocycles. The number of urea groups is 1. The fourth-order valence-electron chi connectivity index (χ4n) is 0.932. The molecule has 2 amide bonds. The minimum Gasteiger partial charge on any atom is -0.287 e. The van der Waals surface area contributed by atoms with Crippen LogP contribution in [0.25, 0.3) is 0 Å². The zero-order valence-corrected chi connectivity index (χ0v) is 8.14.